The van der Waals surface area contributed by atoms with Gasteiger partial charge in [0.15, 0.2) is 0 Å². The molecular formula is C10H20N4O. The molecule has 0 aromatic carbocycles. The van der Waals surface area contributed by atoms with Gasteiger partial charge in [-0.2, -0.15) is 0 Å². The molecule has 0 unspecified atom stereocenters. The summed E-state index contributed by atoms with van der Waals surface area (Å²) in [7, 11) is 1.67. The van der Waals surface area contributed by atoms with E-state index in [2.05, 4.69) is 31.0 Å². The normalized spacial score (nSPS) is 14.2. The van der Waals surface area contributed by atoms with Gasteiger partial charge in [-0.15, -0.1) is 10.2 Å². The lowest BCUT2D eigenvalue weighted by Crippen LogP contribution is -2.29. The number of hydrogen-bond donors (Lipinski definition) is 1. The summed E-state index contributed by atoms with van der Waals surface area (Å²) in [5.41, 5.74) is 6.11. The second kappa shape index (κ2) is 4.72. The smallest absolute Gasteiger partial charge is 0.150 e. The van der Waals surface area contributed by atoms with E-state index in [0.717, 1.165) is 12.4 Å². The zero-order chi connectivity index (χ0) is 11.5. The Hall–Kier alpha value is -0.940. The van der Waals surface area contributed by atoms with E-state index in [4.69, 9.17) is 10.5 Å². The van der Waals surface area contributed by atoms with Crippen molar-refractivity contribution in [3.05, 3.63) is 12.2 Å². The number of aromatic nitrogens is 3. The summed E-state index contributed by atoms with van der Waals surface area (Å²) in [6.07, 6.45) is 1.69. The number of ether oxygens (including phenoxy) is 1. The van der Waals surface area contributed by atoms with Crippen LogP contribution in [0.2, 0.25) is 0 Å². The van der Waals surface area contributed by atoms with E-state index in [1.807, 2.05) is 4.57 Å². The Morgan fingerprint density at radius 3 is 2.73 bits per heavy atom. The van der Waals surface area contributed by atoms with Crippen LogP contribution in [0.1, 0.15) is 32.6 Å². The number of methoxy groups -OCH3 is 1. The molecule has 0 fully saturated rings. The lowest BCUT2D eigenvalue weighted by Gasteiger charge is -2.26. The molecule has 1 rings (SSSR count). The van der Waals surface area contributed by atoms with Crippen LogP contribution in [-0.4, -0.2) is 28.5 Å². The predicted octanol–water partition coefficient (Wildman–Crippen LogP) is 0.970. The van der Waals surface area contributed by atoms with Gasteiger partial charge in [0.1, 0.15) is 12.2 Å². The molecule has 0 saturated carbocycles. The molecule has 0 aliphatic heterocycles. The van der Waals surface area contributed by atoms with Crippen molar-refractivity contribution in [3.63, 3.8) is 0 Å². The van der Waals surface area contributed by atoms with Crippen molar-refractivity contribution in [2.75, 3.05) is 13.7 Å². The van der Waals surface area contributed by atoms with Crippen molar-refractivity contribution in [3.8, 4) is 0 Å². The fourth-order valence-corrected chi connectivity index (χ4v) is 1.25. The van der Waals surface area contributed by atoms with Crippen molar-refractivity contribution in [1.82, 2.24) is 14.8 Å². The molecule has 0 spiro atoms. The Bertz CT molecular complexity index is 303. The molecular weight excluding hydrogens is 192 g/mol. The maximum absolute atomic E-state index is 6.12. The molecule has 1 atom stereocenters. The molecule has 1 aromatic rings. The lowest BCUT2D eigenvalue weighted by molar-refractivity contribution is 0.184. The van der Waals surface area contributed by atoms with Gasteiger partial charge in [-0.1, -0.05) is 20.8 Å². The molecule has 5 nitrogen and oxygen atoms in total. The third kappa shape index (κ3) is 3.00. The van der Waals surface area contributed by atoms with Gasteiger partial charge in [0.2, 0.25) is 0 Å². The first-order valence-corrected chi connectivity index (χ1v) is 5.09. The fraction of sp³-hybridized carbons (Fsp3) is 0.800. The van der Waals surface area contributed by atoms with Crippen molar-refractivity contribution >= 4 is 0 Å². The molecule has 5 heteroatoms. The average Bonchev–Trinajstić information content (AvgIpc) is 2.59. The maximum Gasteiger partial charge on any atom is 0.150 e. The van der Waals surface area contributed by atoms with E-state index >= 15 is 0 Å². The second-order valence-corrected chi connectivity index (χ2v) is 4.72. The van der Waals surface area contributed by atoms with E-state index in [0.29, 0.717) is 6.61 Å². The minimum Gasteiger partial charge on any atom is -0.383 e. The SMILES string of the molecule is COCCn1cnnc1[C@@H](N)C(C)(C)C. The highest BCUT2D eigenvalue weighted by molar-refractivity contribution is 4.98. The summed E-state index contributed by atoms with van der Waals surface area (Å²) < 4.78 is 6.96. The van der Waals surface area contributed by atoms with Gasteiger partial charge in [0.25, 0.3) is 0 Å². The molecule has 0 radical (unpaired) electrons. The number of nitrogens with two attached hydrogens (primary N) is 1. The van der Waals surface area contributed by atoms with Gasteiger partial charge in [-0.05, 0) is 5.41 Å². The van der Waals surface area contributed by atoms with Crippen LogP contribution in [0.4, 0.5) is 0 Å². The zero-order valence-corrected chi connectivity index (χ0v) is 9.90. The first kappa shape index (κ1) is 12.1. The van der Waals surface area contributed by atoms with E-state index < -0.39 is 0 Å². The monoisotopic (exact) mass is 212 g/mol. The molecule has 2 N–H and O–H groups in total. The topological polar surface area (TPSA) is 66.0 Å². The van der Waals surface area contributed by atoms with Gasteiger partial charge in [0.05, 0.1) is 12.6 Å². The maximum atomic E-state index is 6.12. The zero-order valence-electron chi connectivity index (χ0n) is 9.90. The van der Waals surface area contributed by atoms with Crippen LogP contribution >= 0.6 is 0 Å². The fourth-order valence-electron chi connectivity index (χ4n) is 1.25. The summed E-state index contributed by atoms with van der Waals surface area (Å²) in [5.74, 6) is 0.819. The van der Waals surface area contributed by atoms with Gasteiger partial charge in [0, 0.05) is 13.7 Å². The molecule has 0 bridgehead atoms. The van der Waals surface area contributed by atoms with Crippen LogP contribution < -0.4 is 5.73 Å². The molecule has 1 heterocycles. The van der Waals surface area contributed by atoms with Crippen molar-refractivity contribution in [1.29, 1.82) is 0 Å². The van der Waals surface area contributed by atoms with Crippen LogP contribution in [0.5, 0.6) is 0 Å². The van der Waals surface area contributed by atoms with Crippen LogP contribution in [0.3, 0.4) is 0 Å². The van der Waals surface area contributed by atoms with Crippen molar-refractivity contribution in [2.45, 2.75) is 33.4 Å². The van der Waals surface area contributed by atoms with Crippen molar-refractivity contribution in [2.24, 2.45) is 11.1 Å². The second-order valence-electron chi connectivity index (χ2n) is 4.72. The van der Waals surface area contributed by atoms with E-state index in [1.165, 1.54) is 0 Å². The van der Waals surface area contributed by atoms with Gasteiger partial charge >= 0.3 is 0 Å². The molecule has 1 aromatic heterocycles. The molecule has 86 valence electrons. The minimum absolute atomic E-state index is 0.0160. The molecule has 15 heavy (non-hydrogen) atoms. The van der Waals surface area contributed by atoms with Crippen LogP contribution in [0.25, 0.3) is 0 Å². The Balaban J connectivity index is 2.80. The highest BCUT2D eigenvalue weighted by atomic mass is 16.5. The Labute approximate surface area is 90.6 Å². The average molecular weight is 212 g/mol. The van der Waals surface area contributed by atoms with Crippen LogP contribution in [0, 0.1) is 5.41 Å². The predicted molar refractivity (Wildman–Crippen MR) is 58.3 cm³/mol. The van der Waals surface area contributed by atoms with Crippen molar-refractivity contribution < 1.29 is 4.74 Å². The van der Waals surface area contributed by atoms with Gasteiger partial charge < -0.3 is 15.0 Å². The number of nitrogens with zero attached hydrogens (tertiary/aromatic N) is 3. The van der Waals surface area contributed by atoms with Gasteiger partial charge in [-0.25, -0.2) is 0 Å². The molecule has 0 saturated heterocycles. The first-order chi connectivity index (χ1) is 6.96. The largest absolute Gasteiger partial charge is 0.383 e. The molecule has 0 amide bonds. The van der Waals surface area contributed by atoms with E-state index in [-0.39, 0.29) is 11.5 Å². The van der Waals surface area contributed by atoms with E-state index in [1.54, 1.807) is 13.4 Å². The van der Waals surface area contributed by atoms with E-state index in [9.17, 15) is 0 Å². The summed E-state index contributed by atoms with van der Waals surface area (Å²) in [6.45, 7) is 7.65. The van der Waals surface area contributed by atoms with Gasteiger partial charge in [-0.3, -0.25) is 0 Å². The summed E-state index contributed by atoms with van der Waals surface area (Å²) in [6, 6.07) is -0.114. The summed E-state index contributed by atoms with van der Waals surface area (Å²) in [5, 5.41) is 7.95. The third-order valence-corrected chi connectivity index (χ3v) is 2.39. The highest BCUT2D eigenvalue weighted by Gasteiger charge is 2.26. The van der Waals surface area contributed by atoms with Crippen LogP contribution in [-0.2, 0) is 11.3 Å². The van der Waals surface area contributed by atoms with Crippen LogP contribution in [0.15, 0.2) is 6.33 Å². The summed E-state index contributed by atoms with van der Waals surface area (Å²) >= 11 is 0. The number of rotatable bonds is 4. The molecule has 0 aliphatic carbocycles. The first-order valence-electron chi connectivity index (χ1n) is 5.09. The minimum atomic E-state index is -0.114. The quantitative estimate of drug-likeness (QED) is 0.807. The third-order valence-electron chi connectivity index (χ3n) is 2.39. The number of hydrogen-bond acceptors (Lipinski definition) is 4. The Morgan fingerprint density at radius 1 is 1.53 bits per heavy atom. The Kier molecular flexibility index (Phi) is 3.82. The highest BCUT2D eigenvalue weighted by Crippen LogP contribution is 2.28. The summed E-state index contributed by atoms with van der Waals surface area (Å²) in [4.78, 5) is 0. The Morgan fingerprint density at radius 2 is 2.20 bits per heavy atom. The molecule has 0 aliphatic rings. The standard InChI is InChI=1S/C10H20N4O/c1-10(2,3)8(11)9-13-12-7-14(9)5-6-15-4/h7-8H,5-6,11H2,1-4H3/t8-/m1/s1. The lowest BCUT2D eigenvalue weighted by atomic mass is 9.87.